The predicted octanol–water partition coefficient (Wildman–Crippen LogP) is 4.60. The van der Waals surface area contributed by atoms with Gasteiger partial charge in [0, 0.05) is 12.1 Å². The van der Waals surface area contributed by atoms with Crippen molar-refractivity contribution in [3.05, 3.63) is 83.4 Å². The maximum atomic E-state index is 12.1. The Kier molecular flexibility index (Phi) is 6.39. The minimum Gasteiger partial charge on any atom is -0.508 e. The molecule has 0 unspecified atom stereocenters. The number of methoxy groups -OCH3 is 1. The lowest BCUT2D eigenvalue weighted by atomic mass is 10.1. The molecule has 0 amide bonds. The monoisotopic (exact) mass is 404 g/mol. The molecule has 0 aliphatic carbocycles. The zero-order valence-corrected chi connectivity index (χ0v) is 16.1. The molecule has 0 aromatic heterocycles. The number of hydrogen-bond acceptors (Lipinski definition) is 6. The van der Waals surface area contributed by atoms with E-state index < -0.39 is 5.97 Å². The molecule has 6 heteroatoms. The van der Waals surface area contributed by atoms with Crippen molar-refractivity contribution in [1.82, 2.24) is 0 Å². The quantitative estimate of drug-likeness (QED) is 0.240. The number of esters is 1. The Morgan fingerprint density at radius 1 is 0.767 bits per heavy atom. The minimum absolute atomic E-state index is 0.00451. The third-order valence-corrected chi connectivity index (χ3v) is 4.11. The van der Waals surface area contributed by atoms with Gasteiger partial charge in [-0.25, -0.2) is 4.79 Å². The van der Waals surface area contributed by atoms with Gasteiger partial charge in [0.1, 0.15) is 17.2 Å². The molecule has 0 heterocycles. The SMILES string of the molecule is COc1cc(/C=C/C(=O)Oc2cc(O)cc(/C=C/c3ccc(O)cc3)c2)ccc1O. The van der Waals surface area contributed by atoms with Crippen LogP contribution in [0.2, 0.25) is 0 Å². The third kappa shape index (κ3) is 5.65. The van der Waals surface area contributed by atoms with Crippen LogP contribution in [0, 0.1) is 0 Å². The fourth-order valence-electron chi connectivity index (χ4n) is 2.65. The highest BCUT2D eigenvalue weighted by molar-refractivity contribution is 5.89. The van der Waals surface area contributed by atoms with Crippen molar-refractivity contribution in [3.8, 4) is 28.7 Å². The molecule has 0 aliphatic heterocycles. The number of carbonyl (C=O) groups excluding carboxylic acids is 1. The highest BCUT2D eigenvalue weighted by Crippen LogP contribution is 2.27. The maximum Gasteiger partial charge on any atom is 0.336 e. The molecule has 3 aromatic rings. The van der Waals surface area contributed by atoms with E-state index in [-0.39, 0.29) is 23.0 Å². The van der Waals surface area contributed by atoms with Crippen molar-refractivity contribution in [3.63, 3.8) is 0 Å². The normalized spacial score (nSPS) is 11.1. The summed E-state index contributed by atoms with van der Waals surface area (Å²) in [7, 11) is 1.44. The molecule has 0 fully saturated rings. The van der Waals surface area contributed by atoms with E-state index in [0.717, 1.165) is 5.56 Å². The summed E-state index contributed by atoms with van der Waals surface area (Å²) in [5.74, 6) is 0.00300. The van der Waals surface area contributed by atoms with E-state index in [1.807, 2.05) is 0 Å². The lowest BCUT2D eigenvalue weighted by molar-refractivity contribution is -0.128. The number of hydrogen-bond donors (Lipinski definition) is 3. The van der Waals surface area contributed by atoms with E-state index in [0.29, 0.717) is 16.9 Å². The van der Waals surface area contributed by atoms with E-state index in [9.17, 15) is 20.1 Å². The van der Waals surface area contributed by atoms with Gasteiger partial charge in [-0.1, -0.05) is 30.4 Å². The highest BCUT2D eigenvalue weighted by Gasteiger charge is 2.05. The lowest BCUT2D eigenvalue weighted by Gasteiger charge is -2.05. The van der Waals surface area contributed by atoms with Gasteiger partial charge in [-0.3, -0.25) is 0 Å². The molecule has 0 atom stereocenters. The Bertz CT molecular complexity index is 1100. The molecule has 0 aliphatic rings. The molecule has 0 saturated heterocycles. The molecule has 0 bridgehead atoms. The number of ether oxygens (including phenoxy) is 2. The Morgan fingerprint density at radius 2 is 1.47 bits per heavy atom. The summed E-state index contributed by atoms with van der Waals surface area (Å²) >= 11 is 0. The average Bonchev–Trinajstić information content (AvgIpc) is 2.72. The van der Waals surface area contributed by atoms with E-state index >= 15 is 0 Å². The Hall–Kier alpha value is -4.19. The van der Waals surface area contributed by atoms with E-state index in [2.05, 4.69) is 0 Å². The fraction of sp³-hybridized carbons (Fsp3) is 0.0417. The van der Waals surface area contributed by atoms with Crippen LogP contribution in [0.1, 0.15) is 16.7 Å². The summed E-state index contributed by atoms with van der Waals surface area (Å²) in [5.41, 5.74) is 2.15. The van der Waals surface area contributed by atoms with Crippen molar-refractivity contribution < 1.29 is 29.6 Å². The second kappa shape index (κ2) is 9.34. The van der Waals surface area contributed by atoms with Gasteiger partial charge in [-0.05, 0) is 59.2 Å². The first-order valence-corrected chi connectivity index (χ1v) is 9.01. The molecule has 3 N–H and O–H groups in total. The first-order valence-electron chi connectivity index (χ1n) is 9.01. The van der Waals surface area contributed by atoms with Gasteiger partial charge < -0.3 is 24.8 Å². The Morgan fingerprint density at radius 3 is 2.20 bits per heavy atom. The van der Waals surface area contributed by atoms with Gasteiger partial charge >= 0.3 is 5.97 Å². The topological polar surface area (TPSA) is 96.2 Å². The van der Waals surface area contributed by atoms with Crippen molar-refractivity contribution in [2.45, 2.75) is 0 Å². The van der Waals surface area contributed by atoms with E-state index in [1.165, 1.54) is 37.5 Å². The predicted molar refractivity (Wildman–Crippen MR) is 114 cm³/mol. The van der Waals surface area contributed by atoms with Crippen molar-refractivity contribution >= 4 is 24.2 Å². The fourth-order valence-corrected chi connectivity index (χ4v) is 2.65. The van der Waals surface area contributed by atoms with Gasteiger partial charge in [-0.2, -0.15) is 0 Å². The summed E-state index contributed by atoms with van der Waals surface area (Å²) < 4.78 is 10.3. The molecular weight excluding hydrogens is 384 g/mol. The summed E-state index contributed by atoms with van der Waals surface area (Å²) in [6, 6.07) is 15.8. The maximum absolute atomic E-state index is 12.1. The number of benzene rings is 3. The van der Waals surface area contributed by atoms with Gasteiger partial charge in [0.05, 0.1) is 7.11 Å². The van der Waals surface area contributed by atoms with Crippen molar-refractivity contribution in [2.24, 2.45) is 0 Å². The minimum atomic E-state index is -0.624. The van der Waals surface area contributed by atoms with E-state index in [1.54, 1.807) is 54.6 Å². The van der Waals surface area contributed by atoms with Crippen molar-refractivity contribution in [1.29, 1.82) is 0 Å². The smallest absolute Gasteiger partial charge is 0.336 e. The molecule has 152 valence electrons. The largest absolute Gasteiger partial charge is 0.508 e. The molecular formula is C24H20O6. The number of rotatable bonds is 6. The average molecular weight is 404 g/mol. The van der Waals surface area contributed by atoms with E-state index in [4.69, 9.17) is 9.47 Å². The van der Waals surface area contributed by atoms with Crippen LogP contribution in [-0.4, -0.2) is 28.4 Å². The lowest BCUT2D eigenvalue weighted by Crippen LogP contribution is -2.03. The zero-order valence-electron chi connectivity index (χ0n) is 16.1. The van der Waals surface area contributed by atoms with Crippen LogP contribution < -0.4 is 9.47 Å². The Labute approximate surface area is 173 Å². The first-order chi connectivity index (χ1) is 14.4. The van der Waals surface area contributed by atoms with Gasteiger partial charge in [-0.15, -0.1) is 0 Å². The summed E-state index contributed by atoms with van der Waals surface area (Å²) in [5, 5.41) is 28.8. The molecule has 3 aromatic carbocycles. The molecule has 3 rings (SSSR count). The van der Waals surface area contributed by atoms with Crippen LogP contribution in [0.25, 0.3) is 18.2 Å². The molecule has 0 saturated carbocycles. The number of phenols is 3. The van der Waals surface area contributed by atoms with Crippen LogP contribution in [0.4, 0.5) is 0 Å². The molecule has 30 heavy (non-hydrogen) atoms. The number of aromatic hydroxyl groups is 3. The van der Waals surface area contributed by atoms with Crippen molar-refractivity contribution in [2.75, 3.05) is 7.11 Å². The van der Waals surface area contributed by atoms with Crippen LogP contribution in [0.15, 0.2) is 66.7 Å². The number of phenolic OH excluding ortho intramolecular Hbond substituents is 3. The molecule has 0 radical (unpaired) electrons. The Balaban J connectivity index is 1.70. The summed E-state index contributed by atoms with van der Waals surface area (Å²) in [6.45, 7) is 0. The van der Waals surface area contributed by atoms with Crippen LogP contribution in [0.5, 0.6) is 28.7 Å². The number of carbonyl (C=O) groups is 1. The van der Waals surface area contributed by atoms with Crippen LogP contribution in [0.3, 0.4) is 0 Å². The standard InChI is InChI=1S/C24H20O6/c1-29-23-14-17(6-10-22(23)27)7-11-24(28)30-21-13-18(12-20(26)15-21)3-2-16-4-8-19(25)9-5-16/h2-15,25-27H,1H3/b3-2+,11-7+. The molecule has 0 spiro atoms. The zero-order chi connectivity index (χ0) is 21.5. The van der Waals surface area contributed by atoms with Gasteiger partial charge in [0.15, 0.2) is 11.5 Å². The second-order valence-electron chi connectivity index (χ2n) is 6.37. The van der Waals surface area contributed by atoms with Gasteiger partial charge in [0.25, 0.3) is 0 Å². The highest BCUT2D eigenvalue weighted by atomic mass is 16.5. The summed E-state index contributed by atoms with van der Waals surface area (Å²) in [4.78, 5) is 12.1. The first kappa shape index (κ1) is 20.5. The second-order valence-corrected chi connectivity index (χ2v) is 6.37. The van der Waals surface area contributed by atoms with Crippen LogP contribution >= 0.6 is 0 Å². The van der Waals surface area contributed by atoms with Gasteiger partial charge in [0.2, 0.25) is 0 Å². The molecule has 6 nitrogen and oxygen atoms in total. The third-order valence-electron chi connectivity index (χ3n) is 4.11. The summed E-state index contributed by atoms with van der Waals surface area (Å²) in [6.07, 6.45) is 6.32. The van der Waals surface area contributed by atoms with Crippen LogP contribution in [-0.2, 0) is 4.79 Å².